The van der Waals surface area contributed by atoms with Crippen LogP contribution in [0.3, 0.4) is 0 Å². The average molecular weight is 224 g/mol. The summed E-state index contributed by atoms with van der Waals surface area (Å²) < 4.78 is 13.0. The molecule has 0 amide bonds. The van der Waals surface area contributed by atoms with Crippen LogP contribution in [-0.4, -0.2) is 17.8 Å². The van der Waals surface area contributed by atoms with E-state index in [9.17, 15) is 9.18 Å². The van der Waals surface area contributed by atoms with Gasteiger partial charge in [-0.25, -0.2) is 4.39 Å². The van der Waals surface area contributed by atoms with Crippen LogP contribution in [0.2, 0.25) is 0 Å². The first kappa shape index (κ1) is 10.7. The first-order valence-corrected chi connectivity index (χ1v) is 6.25. The third-order valence-electron chi connectivity index (χ3n) is 2.85. The molecule has 15 heavy (non-hydrogen) atoms. The molecule has 1 fully saturated rings. The molecular formula is C12H13FOS. The van der Waals surface area contributed by atoms with E-state index >= 15 is 0 Å². The Labute approximate surface area is 93.1 Å². The van der Waals surface area contributed by atoms with E-state index < -0.39 is 0 Å². The summed E-state index contributed by atoms with van der Waals surface area (Å²) in [4.78, 5) is 11.1. The second-order valence-electron chi connectivity index (χ2n) is 3.84. The topological polar surface area (TPSA) is 17.1 Å². The fraction of sp³-hybridized carbons (Fsp3) is 0.417. The van der Waals surface area contributed by atoms with E-state index in [4.69, 9.17) is 0 Å². The molecule has 2 rings (SSSR count). The number of aldehydes is 1. The van der Waals surface area contributed by atoms with Crippen LogP contribution in [0.15, 0.2) is 24.3 Å². The highest BCUT2D eigenvalue weighted by molar-refractivity contribution is 7.99. The van der Waals surface area contributed by atoms with Crippen molar-refractivity contribution >= 4 is 18.0 Å². The molecule has 0 N–H and O–H groups in total. The van der Waals surface area contributed by atoms with Gasteiger partial charge in [-0.05, 0) is 41.5 Å². The van der Waals surface area contributed by atoms with E-state index in [1.807, 2.05) is 17.8 Å². The van der Waals surface area contributed by atoms with Crippen molar-refractivity contribution in [3.05, 3.63) is 35.6 Å². The Kier molecular flexibility index (Phi) is 3.41. The van der Waals surface area contributed by atoms with E-state index in [1.165, 1.54) is 12.1 Å². The molecule has 0 saturated carbocycles. The minimum atomic E-state index is -0.259. The summed E-state index contributed by atoms with van der Waals surface area (Å²) in [5, 5.41) is 0. The minimum Gasteiger partial charge on any atom is -0.303 e. The van der Waals surface area contributed by atoms with Crippen LogP contribution in [-0.2, 0) is 4.79 Å². The zero-order chi connectivity index (χ0) is 10.7. The predicted molar refractivity (Wildman–Crippen MR) is 60.6 cm³/mol. The molecule has 1 saturated heterocycles. The van der Waals surface area contributed by atoms with E-state index in [2.05, 4.69) is 0 Å². The van der Waals surface area contributed by atoms with Crippen LogP contribution >= 0.6 is 11.8 Å². The highest BCUT2D eigenvalue weighted by Gasteiger charge is 2.26. The van der Waals surface area contributed by atoms with Crippen molar-refractivity contribution in [2.45, 2.75) is 12.3 Å². The molecule has 0 radical (unpaired) electrons. The van der Waals surface area contributed by atoms with E-state index in [-0.39, 0.29) is 11.7 Å². The third kappa shape index (κ3) is 2.40. The zero-order valence-corrected chi connectivity index (χ0v) is 9.17. The number of hydrogen-bond acceptors (Lipinski definition) is 2. The van der Waals surface area contributed by atoms with Crippen LogP contribution in [0.1, 0.15) is 17.9 Å². The lowest BCUT2D eigenvalue weighted by Crippen LogP contribution is -2.13. The van der Waals surface area contributed by atoms with Gasteiger partial charge in [0.1, 0.15) is 12.1 Å². The lowest BCUT2D eigenvalue weighted by molar-refractivity contribution is -0.109. The van der Waals surface area contributed by atoms with Crippen molar-refractivity contribution in [3.63, 3.8) is 0 Å². The number of rotatable bonds is 3. The van der Waals surface area contributed by atoms with Crippen molar-refractivity contribution in [1.29, 1.82) is 0 Å². The molecule has 80 valence electrons. The maximum absolute atomic E-state index is 13.0. The molecule has 0 bridgehead atoms. The number of carbonyl (C=O) groups is 1. The number of thioether (sulfide) groups is 1. The van der Waals surface area contributed by atoms with Gasteiger partial charge in [-0.3, -0.25) is 0 Å². The summed E-state index contributed by atoms with van der Waals surface area (Å²) in [6.45, 7) is 0. The largest absolute Gasteiger partial charge is 0.303 e. The Hall–Kier alpha value is -0.830. The van der Waals surface area contributed by atoms with Gasteiger partial charge in [0.25, 0.3) is 0 Å². The molecule has 2 atom stereocenters. The summed E-state index contributed by atoms with van der Waals surface area (Å²) >= 11 is 1.87. The molecule has 0 spiro atoms. The maximum atomic E-state index is 13.0. The Bertz CT molecular complexity index is 347. The molecule has 3 heteroatoms. The summed E-state index contributed by atoms with van der Waals surface area (Å²) in [7, 11) is 0. The Morgan fingerprint density at radius 2 is 2.40 bits per heavy atom. The van der Waals surface area contributed by atoms with Crippen LogP contribution in [0.4, 0.5) is 4.39 Å². The SMILES string of the molecule is O=CC(c1cccc(F)c1)C1CCSC1. The van der Waals surface area contributed by atoms with Crippen molar-refractivity contribution in [2.75, 3.05) is 11.5 Å². The van der Waals surface area contributed by atoms with Gasteiger partial charge in [0.2, 0.25) is 0 Å². The second-order valence-corrected chi connectivity index (χ2v) is 4.99. The van der Waals surface area contributed by atoms with E-state index in [0.29, 0.717) is 5.92 Å². The van der Waals surface area contributed by atoms with Gasteiger partial charge < -0.3 is 4.79 Å². The molecular weight excluding hydrogens is 211 g/mol. The summed E-state index contributed by atoms with van der Waals surface area (Å²) in [5.74, 6) is 2.12. The third-order valence-corrected chi connectivity index (χ3v) is 4.04. The number of carbonyl (C=O) groups excluding carboxylic acids is 1. The van der Waals surface area contributed by atoms with Crippen molar-refractivity contribution < 1.29 is 9.18 Å². The van der Waals surface area contributed by atoms with Gasteiger partial charge in [-0.15, -0.1) is 0 Å². The molecule has 1 aromatic rings. The van der Waals surface area contributed by atoms with Crippen molar-refractivity contribution in [3.8, 4) is 0 Å². The lowest BCUT2D eigenvalue weighted by Gasteiger charge is -2.17. The van der Waals surface area contributed by atoms with Crippen molar-refractivity contribution in [2.24, 2.45) is 5.92 Å². The standard InChI is InChI=1S/C12H13FOS/c13-11-3-1-2-9(6-11)12(7-14)10-4-5-15-8-10/h1-3,6-7,10,12H,4-5,8H2. The maximum Gasteiger partial charge on any atom is 0.127 e. The number of hydrogen-bond donors (Lipinski definition) is 0. The molecule has 1 heterocycles. The lowest BCUT2D eigenvalue weighted by atomic mass is 9.87. The zero-order valence-electron chi connectivity index (χ0n) is 8.36. The van der Waals surface area contributed by atoms with Gasteiger partial charge in [-0.1, -0.05) is 12.1 Å². The minimum absolute atomic E-state index is 0.129. The molecule has 1 nitrogen and oxygen atoms in total. The smallest absolute Gasteiger partial charge is 0.127 e. The fourth-order valence-electron chi connectivity index (χ4n) is 2.01. The molecule has 0 aromatic heterocycles. The quantitative estimate of drug-likeness (QED) is 0.734. The van der Waals surface area contributed by atoms with Crippen molar-refractivity contribution in [1.82, 2.24) is 0 Å². The van der Waals surface area contributed by atoms with E-state index in [0.717, 1.165) is 29.8 Å². The monoisotopic (exact) mass is 224 g/mol. The fourth-order valence-corrected chi connectivity index (χ4v) is 3.32. The van der Waals surface area contributed by atoms with Gasteiger partial charge in [0.15, 0.2) is 0 Å². The average Bonchev–Trinajstić information content (AvgIpc) is 2.72. The van der Waals surface area contributed by atoms with Gasteiger partial charge in [0.05, 0.1) is 0 Å². The summed E-state index contributed by atoms with van der Waals surface area (Å²) in [5.41, 5.74) is 0.817. The molecule has 1 aliphatic rings. The van der Waals surface area contributed by atoms with E-state index in [1.54, 1.807) is 6.07 Å². The summed E-state index contributed by atoms with van der Waals surface area (Å²) in [6.07, 6.45) is 2.02. The molecule has 1 aromatic carbocycles. The van der Waals surface area contributed by atoms with Gasteiger partial charge in [0, 0.05) is 5.92 Å². The highest BCUT2D eigenvalue weighted by atomic mass is 32.2. The number of benzene rings is 1. The highest BCUT2D eigenvalue weighted by Crippen LogP contribution is 2.34. The Balaban J connectivity index is 2.21. The molecule has 0 aliphatic carbocycles. The van der Waals surface area contributed by atoms with Crippen LogP contribution < -0.4 is 0 Å². The normalized spacial score (nSPS) is 22.6. The number of halogens is 1. The first-order valence-electron chi connectivity index (χ1n) is 5.10. The second kappa shape index (κ2) is 4.79. The predicted octanol–water partition coefficient (Wildman–Crippen LogP) is 2.86. The Morgan fingerprint density at radius 3 is 3.00 bits per heavy atom. The molecule has 1 aliphatic heterocycles. The van der Waals surface area contributed by atoms with Crippen LogP contribution in [0.25, 0.3) is 0 Å². The Morgan fingerprint density at radius 1 is 1.53 bits per heavy atom. The van der Waals surface area contributed by atoms with Gasteiger partial charge >= 0.3 is 0 Å². The van der Waals surface area contributed by atoms with Gasteiger partial charge in [-0.2, -0.15) is 11.8 Å². The first-order chi connectivity index (χ1) is 7.31. The summed E-state index contributed by atoms with van der Waals surface area (Å²) in [6, 6.07) is 6.39. The van der Waals surface area contributed by atoms with Crippen LogP contribution in [0, 0.1) is 11.7 Å². The molecule has 2 unspecified atom stereocenters. The van der Waals surface area contributed by atoms with Crippen LogP contribution in [0.5, 0.6) is 0 Å².